The third-order valence-electron chi connectivity index (χ3n) is 3.50. The summed E-state index contributed by atoms with van der Waals surface area (Å²) in [5.74, 6) is -1.12. The molecular formula is C16H13N3O4. The number of H-pyrrole nitrogens is 2. The van der Waals surface area contributed by atoms with Crippen LogP contribution in [0.4, 0.5) is 0 Å². The molecule has 0 atom stereocenters. The zero-order valence-corrected chi connectivity index (χ0v) is 12.4. The normalized spacial score (nSPS) is 15.0. The maximum absolute atomic E-state index is 12.2. The Morgan fingerprint density at radius 3 is 2.57 bits per heavy atom. The van der Waals surface area contributed by atoms with Crippen LogP contribution in [0.15, 0.2) is 32.3 Å². The first-order valence-electron chi connectivity index (χ1n) is 6.84. The van der Waals surface area contributed by atoms with Crippen LogP contribution in [-0.4, -0.2) is 21.0 Å². The molecule has 0 unspecified atom stereocenters. The van der Waals surface area contributed by atoms with Crippen LogP contribution in [0.5, 0.6) is 5.88 Å². The van der Waals surface area contributed by atoms with Gasteiger partial charge in [-0.1, -0.05) is 11.6 Å². The Morgan fingerprint density at radius 2 is 1.87 bits per heavy atom. The lowest BCUT2D eigenvalue weighted by molar-refractivity contribution is -0.114. The molecule has 0 saturated carbocycles. The molecule has 3 rings (SSSR count). The number of rotatable bonds is 1. The molecule has 0 bridgehead atoms. The number of fused-ring (bicyclic) bond motifs is 1. The summed E-state index contributed by atoms with van der Waals surface area (Å²) in [4.78, 5) is 43.1. The number of aromatic hydroxyl groups is 1. The Labute approximate surface area is 129 Å². The number of aromatic amines is 2. The summed E-state index contributed by atoms with van der Waals surface area (Å²) in [7, 11) is 0. The molecule has 2 aromatic rings. The largest absolute Gasteiger partial charge is 0.494 e. The van der Waals surface area contributed by atoms with Crippen LogP contribution in [0.25, 0.3) is 12.2 Å². The predicted octanol–water partition coefficient (Wildman–Crippen LogP) is -0.590. The van der Waals surface area contributed by atoms with Gasteiger partial charge in [0.25, 0.3) is 11.5 Å². The first kappa shape index (κ1) is 14.7. The molecule has 1 aromatic heterocycles. The standard InChI is InChI=1S/C16H13N3O4/c1-7-3-8(2)12-9(4-7)5-10(13(20)17-12)6-11-14(21)18-16(23)19-15(11)22/h3-6H,1-2H3,(H3,18,19,21,22,23). The van der Waals surface area contributed by atoms with Gasteiger partial charge >= 0.3 is 5.69 Å². The number of carbonyl (C=O) groups excluding carboxylic acids is 1. The van der Waals surface area contributed by atoms with Crippen LogP contribution in [0.2, 0.25) is 0 Å². The summed E-state index contributed by atoms with van der Waals surface area (Å²) < 4.78 is 0. The third kappa shape index (κ3) is 2.64. The molecule has 23 heavy (non-hydrogen) atoms. The summed E-state index contributed by atoms with van der Waals surface area (Å²) in [5, 5.41) is 11.0. The van der Waals surface area contributed by atoms with Gasteiger partial charge in [0.1, 0.15) is 5.56 Å². The number of nitrogens with one attached hydrogen (secondary N) is 2. The number of hydrogen-bond donors (Lipinski definition) is 3. The molecule has 1 amide bonds. The highest BCUT2D eigenvalue weighted by atomic mass is 16.3. The minimum absolute atomic E-state index is 0.148. The van der Waals surface area contributed by atoms with Crippen LogP contribution in [0.1, 0.15) is 16.7 Å². The molecule has 1 aromatic carbocycles. The van der Waals surface area contributed by atoms with E-state index in [0.717, 1.165) is 16.3 Å². The van der Waals surface area contributed by atoms with Gasteiger partial charge in [-0.05, 0) is 37.6 Å². The van der Waals surface area contributed by atoms with Crippen molar-refractivity contribution in [2.45, 2.75) is 13.8 Å². The molecule has 7 nitrogen and oxygen atoms in total. The fourth-order valence-electron chi connectivity index (χ4n) is 2.53. The van der Waals surface area contributed by atoms with Crippen molar-refractivity contribution < 1.29 is 9.90 Å². The summed E-state index contributed by atoms with van der Waals surface area (Å²) in [6, 6.07) is 3.81. The quantitative estimate of drug-likeness (QED) is 0.610. The van der Waals surface area contributed by atoms with E-state index in [0.29, 0.717) is 5.36 Å². The van der Waals surface area contributed by atoms with Crippen molar-refractivity contribution in [2.24, 2.45) is 4.99 Å². The highest BCUT2D eigenvalue weighted by Crippen LogP contribution is 2.13. The van der Waals surface area contributed by atoms with Crippen LogP contribution in [0.3, 0.4) is 0 Å². The Balaban J connectivity index is 2.26. The van der Waals surface area contributed by atoms with E-state index in [1.54, 1.807) is 6.08 Å². The number of aromatic nitrogens is 2. The second-order valence-electron chi connectivity index (χ2n) is 5.35. The number of nitrogens with zero attached hydrogens (tertiary/aromatic N) is 1. The van der Waals surface area contributed by atoms with Gasteiger partial charge in [-0.2, -0.15) is 0 Å². The predicted molar refractivity (Wildman–Crippen MR) is 83.5 cm³/mol. The number of amides is 1. The zero-order valence-electron chi connectivity index (χ0n) is 12.4. The molecule has 0 radical (unpaired) electrons. The smallest absolute Gasteiger partial charge is 0.328 e. The maximum atomic E-state index is 12.2. The number of benzene rings is 1. The molecule has 0 spiro atoms. The van der Waals surface area contributed by atoms with Crippen LogP contribution >= 0.6 is 0 Å². The number of hydrogen-bond acceptors (Lipinski definition) is 4. The van der Waals surface area contributed by atoms with Crippen molar-refractivity contribution in [3.8, 4) is 5.88 Å². The number of aryl methyl sites for hydroxylation is 2. The van der Waals surface area contributed by atoms with Gasteiger partial charge in [-0.15, -0.1) is 0 Å². The van der Waals surface area contributed by atoms with E-state index in [4.69, 9.17) is 0 Å². The Kier molecular flexibility index (Phi) is 3.33. The molecule has 7 heteroatoms. The highest BCUT2D eigenvalue weighted by Gasteiger charge is 2.14. The average molecular weight is 311 g/mol. The van der Waals surface area contributed by atoms with Crippen LogP contribution in [-0.2, 0) is 4.79 Å². The second kappa shape index (κ2) is 5.20. The lowest BCUT2D eigenvalue weighted by Crippen LogP contribution is -2.33. The minimum atomic E-state index is -0.824. The second-order valence-corrected chi connectivity index (χ2v) is 5.35. The lowest BCUT2D eigenvalue weighted by atomic mass is 10.0. The van der Waals surface area contributed by atoms with E-state index in [1.807, 2.05) is 31.0 Å². The summed E-state index contributed by atoms with van der Waals surface area (Å²) in [6.07, 6.45) is 2.81. The van der Waals surface area contributed by atoms with Gasteiger partial charge in [0.2, 0.25) is 5.88 Å². The van der Waals surface area contributed by atoms with Crippen molar-refractivity contribution >= 4 is 18.1 Å². The molecule has 2 heterocycles. The van der Waals surface area contributed by atoms with Crippen molar-refractivity contribution in [1.82, 2.24) is 9.97 Å². The molecular weight excluding hydrogens is 298 g/mol. The van der Waals surface area contributed by atoms with Crippen molar-refractivity contribution in [1.29, 1.82) is 0 Å². The summed E-state index contributed by atoms with van der Waals surface area (Å²) >= 11 is 0. The maximum Gasteiger partial charge on any atom is 0.328 e. The van der Waals surface area contributed by atoms with Crippen molar-refractivity contribution in [2.75, 3.05) is 0 Å². The molecule has 0 fully saturated rings. The van der Waals surface area contributed by atoms with Gasteiger partial charge in [0, 0.05) is 10.8 Å². The molecule has 1 aliphatic rings. The summed E-state index contributed by atoms with van der Waals surface area (Å²) in [6.45, 7) is 3.79. The minimum Gasteiger partial charge on any atom is -0.494 e. The zero-order chi connectivity index (χ0) is 16.7. The van der Waals surface area contributed by atoms with E-state index in [1.165, 1.54) is 6.08 Å². The SMILES string of the molecule is Cc1cc(C)c2c(c1)=CC(=Cc1c(O)[nH]c(=O)[nH]c1=O)C(=O)N=2. The van der Waals surface area contributed by atoms with Crippen molar-refractivity contribution in [3.05, 3.63) is 65.8 Å². The summed E-state index contributed by atoms with van der Waals surface area (Å²) in [5.41, 5.74) is 0.239. The molecule has 1 aliphatic heterocycles. The van der Waals surface area contributed by atoms with Crippen LogP contribution in [0, 0.1) is 13.8 Å². The van der Waals surface area contributed by atoms with Gasteiger partial charge in [0.05, 0.1) is 5.36 Å². The molecule has 0 saturated heterocycles. The third-order valence-corrected chi connectivity index (χ3v) is 3.50. The van der Waals surface area contributed by atoms with E-state index < -0.39 is 23.0 Å². The molecule has 3 N–H and O–H groups in total. The van der Waals surface area contributed by atoms with E-state index in [2.05, 4.69) is 9.98 Å². The lowest BCUT2D eigenvalue weighted by Gasteiger charge is -2.07. The van der Waals surface area contributed by atoms with Crippen molar-refractivity contribution in [3.63, 3.8) is 0 Å². The van der Waals surface area contributed by atoms with E-state index in [-0.39, 0.29) is 11.1 Å². The first-order chi connectivity index (χ1) is 10.8. The monoisotopic (exact) mass is 311 g/mol. The van der Waals surface area contributed by atoms with Gasteiger partial charge in [-0.25, -0.2) is 9.79 Å². The van der Waals surface area contributed by atoms with Gasteiger partial charge < -0.3 is 5.11 Å². The fourth-order valence-corrected chi connectivity index (χ4v) is 2.53. The Hall–Kier alpha value is -3.22. The first-order valence-corrected chi connectivity index (χ1v) is 6.84. The van der Waals surface area contributed by atoms with Crippen LogP contribution < -0.4 is 21.8 Å². The van der Waals surface area contributed by atoms with E-state index >= 15 is 0 Å². The molecule has 0 aliphatic carbocycles. The Bertz CT molecular complexity index is 1100. The number of carbonyl (C=O) groups is 1. The van der Waals surface area contributed by atoms with Gasteiger partial charge in [-0.3, -0.25) is 19.6 Å². The van der Waals surface area contributed by atoms with Gasteiger partial charge in [0.15, 0.2) is 0 Å². The average Bonchev–Trinajstić information content (AvgIpc) is 2.44. The highest BCUT2D eigenvalue weighted by molar-refractivity contribution is 6.07. The van der Waals surface area contributed by atoms with E-state index in [9.17, 15) is 19.5 Å². The fraction of sp³-hybridized carbons (Fsp3) is 0.125. The topological polar surface area (TPSA) is 115 Å². The Morgan fingerprint density at radius 1 is 1.13 bits per heavy atom. The molecule has 116 valence electrons.